The molecule has 0 saturated heterocycles. The van der Waals surface area contributed by atoms with Gasteiger partial charge < -0.3 is 10.5 Å². The maximum atomic E-state index is 10.3. The summed E-state index contributed by atoms with van der Waals surface area (Å²) in [7, 11) is 0. The van der Waals surface area contributed by atoms with E-state index in [0.29, 0.717) is 0 Å². The summed E-state index contributed by atoms with van der Waals surface area (Å²) in [5, 5.41) is 17.0. The molecule has 0 saturated carbocycles. The van der Waals surface area contributed by atoms with Crippen molar-refractivity contribution in [3.63, 3.8) is 0 Å². The van der Waals surface area contributed by atoms with Crippen LogP contribution in [-0.4, -0.2) is 5.90 Å². The van der Waals surface area contributed by atoms with Crippen molar-refractivity contribution < 1.29 is 5.11 Å². The average molecular weight is 134 g/mol. The Morgan fingerprint density at radius 1 is 1.30 bits per heavy atom. The van der Waals surface area contributed by atoms with Gasteiger partial charge in [-0.15, -0.1) is 0 Å². The molecule has 0 unspecified atom stereocenters. The Balaban J connectivity index is 2.67. The quantitative estimate of drug-likeness (QED) is 0.466. The van der Waals surface area contributed by atoms with Crippen molar-refractivity contribution in [1.29, 1.82) is 5.41 Å². The molecule has 10 heavy (non-hydrogen) atoms. The summed E-state index contributed by atoms with van der Waals surface area (Å²) in [4.78, 5) is 0. The van der Waals surface area contributed by atoms with Gasteiger partial charge in [0.25, 0.3) is 0 Å². The zero-order valence-electron chi connectivity index (χ0n) is 5.50. The third-order valence-electron chi connectivity index (χ3n) is 1.21. The van der Waals surface area contributed by atoms with Gasteiger partial charge in [0, 0.05) is 0 Å². The van der Waals surface area contributed by atoms with Gasteiger partial charge in [0.05, 0.1) is 0 Å². The summed E-state index contributed by atoms with van der Waals surface area (Å²) in [6.07, 6.45) is 0.223. The van der Waals surface area contributed by atoms with E-state index >= 15 is 0 Å². The largest absolute Gasteiger partial charge is 0.862 e. The lowest BCUT2D eigenvalue weighted by atomic mass is 10.2. The summed E-state index contributed by atoms with van der Waals surface area (Å²) in [6, 6.07) is 9.29. The van der Waals surface area contributed by atoms with Gasteiger partial charge in [-0.1, -0.05) is 30.3 Å². The molecule has 0 spiro atoms. The molecule has 2 nitrogen and oxygen atoms in total. The molecule has 0 amide bonds. The molecule has 1 N–H and O–H groups in total. The highest BCUT2D eigenvalue weighted by Gasteiger charge is 1.86. The second-order valence-corrected chi connectivity index (χ2v) is 2.09. The molecule has 0 fully saturated rings. The monoisotopic (exact) mass is 134 g/mol. The Kier molecular flexibility index (Phi) is 2.05. The lowest BCUT2D eigenvalue weighted by Gasteiger charge is -2.05. The van der Waals surface area contributed by atoms with Crippen molar-refractivity contribution in [2.24, 2.45) is 0 Å². The lowest BCUT2D eigenvalue weighted by molar-refractivity contribution is -0.219. The summed E-state index contributed by atoms with van der Waals surface area (Å²) in [6.45, 7) is 0. The Labute approximate surface area is 59.6 Å². The molecule has 1 rings (SSSR count). The Hall–Kier alpha value is -1.31. The predicted molar refractivity (Wildman–Crippen MR) is 37.9 cm³/mol. The molecule has 0 atom stereocenters. The van der Waals surface area contributed by atoms with Crippen LogP contribution in [0.15, 0.2) is 30.3 Å². The molecule has 1 aromatic carbocycles. The van der Waals surface area contributed by atoms with Crippen molar-refractivity contribution in [1.82, 2.24) is 0 Å². The van der Waals surface area contributed by atoms with Crippen LogP contribution in [0, 0.1) is 5.41 Å². The van der Waals surface area contributed by atoms with E-state index in [1.165, 1.54) is 0 Å². The highest BCUT2D eigenvalue weighted by Crippen LogP contribution is 1.97. The molecule has 0 aliphatic carbocycles. The van der Waals surface area contributed by atoms with Crippen molar-refractivity contribution >= 4 is 5.90 Å². The minimum atomic E-state index is -0.536. The smallest absolute Gasteiger partial charge is 0.0000916 e. The highest BCUT2D eigenvalue weighted by molar-refractivity contribution is 5.70. The van der Waals surface area contributed by atoms with Gasteiger partial charge in [-0.05, 0) is 17.9 Å². The highest BCUT2D eigenvalue weighted by atomic mass is 16.3. The summed E-state index contributed by atoms with van der Waals surface area (Å²) in [5.41, 5.74) is 0.905. The molecule has 0 radical (unpaired) electrons. The number of hydrogen-bond acceptors (Lipinski definition) is 2. The van der Waals surface area contributed by atoms with Gasteiger partial charge in [0.2, 0.25) is 0 Å². The van der Waals surface area contributed by atoms with Crippen LogP contribution in [0.4, 0.5) is 0 Å². The van der Waals surface area contributed by atoms with Gasteiger partial charge in [-0.3, -0.25) is 0 Å². The summed E-state index contributed by atoms with van der Waals surface area (Å²) in [5.74, 6) is -0.536. The first-order valence-corrected chi connectivity index (χ1v) is 3.07. The van der Waals surface area contributed by atoms with E-state index in [1.807, 2.05) is 30.3 Å². The molecule has 0 heterocycles. The maximum Gasteiger partial charge on any atom is -0.0000916 e. The molecular weight excluding hydrogens is 126 g/mol. The first kappa shape index (κ1) is 6.81. The van der Waals surface area contributed by atoms with Crippen LogP contribution in [-0.2, 0) is 6.42 Å². The van der Waals surface area contributed by atoms with E-state index < -0.39 is 5.90 Å². The molecule has 52 valence electrons. The van der Waals surface area contributed by atoms with Gasteiger partial charge in [0.1, 0.15) is 0 Å². The molecule has 0 aliphatic heterocycles. The normalized spacial score (nSPS) is 9.20. The van der Waals surface area contributed by atoms with Gasteiger partial charge >= 0.3 is 0 Å². The lowest BCUT2D eigenvalue weighted by Crippen LogP contribution is -2.17. The van der Waals surface area contributed by atoms with Crippen LogP contribution in [0.2, 0.25) is 0 Å². The number of benzene rings is 1. The minimum absolute atomic E-state index is 0.223. The van der Waals surface area contributed by atoms with Crippen molar-refractivity contribution in [2.75, 3.05) is 0 Å². The van der Waals surface area contributed by atoms with Crippen LogP contribution >= 0.6 is 0 Å². The van der Waals surface area contributed by atoms with Crippen LogP contribution in [0.25, 0.3) is 0 Å². The molecular formula is C8H8NO-. The fourth-order valence-electron chi connectivity index (χ4n) is 0.781. The molecule has 0 aromatic heterocycles. The van der Waals surface area contributed by atoms with E-state index in [0.717, 1.165) is 5.56 Å². The topological polar surface area (TPSA) is 46.9 Å². The second kappa shape index (κ2) is 3.01. The van der Waals surface area contributed by atoms with Crippen LogP contribution < -0.4 is 5.11 Å². The average Bonchev–Trinajstić information content (AvgIpc) is 1.88. The molecule has 1 aromatic rings. The van der Waals surface area contributed by atoms with Gasteiger partial charge in [0.15, 0.2) is 0 Å². The molecule has 2 heteroatoms. The number of nitrogens with one attached hydrogen (secondary N) is 1. The third kappa shape index (κ3) is 1.90. The van der Waals surface area contributed by atoms with E-state index in [4.69, 9.17) is 5.41 Å². The maximum absolute atomic E-state index is 10.3. The SMILES string of the molecule is N=C([O-])Cc1ccccc1. The van der Waals surface area contributed by atoms with Crippen molar-refractivity contribution in [3.05, 3.63) is 35.9 Å². The first-order chi connectivity index (χ1) is 4.79. The first-order valence-electron chi connectivity index (χ1n) is 3.07. The number of hydrogen-bond donors (Lipinski definition) is 1. The summed E-state index contributed by atoms with van der Waals surface area (Å²) >= 11 is 0. The Bertz CT molecular complexity index is 218. The van der Waals surface area contributed by atoms with Crippen molar-refractivity contribution in [2.45, 2.75) is 6.42 Å². The van der Waals surface area contributed by atoms with E-state index in [9.17, 15) is 5.11 Å². The minimum Gasteiger partial charge on any atom is -0.862 e. The zero-order chi connectivity index (χ0) is 7.40. The molecule has 0 aliphatic rings. The number of rotatable bonds is 2. The fraction of sp³-hybridized carbons (Fsp3) is 0.125. The standard InChI is InChI=1S/C8H9NO/c9-8(10)6-7-4-2-1-3-5-7/h1-5H,6H2,(H2,9,10)/p-1. The van der Waals surface area contributed by atoms with Crippen molar-refractivity contribution in [3.8, 4) is 0 Å². The van der Waals surface area contributed by atoms with E-state index in [1.54, 1.807) is 0 Å². The summed E-state index contributed by atoms with van der Waals surface area (Å²) < 4.78 is 0. The van der Waals surface area contributed by atoms with Gasteiger partial charge in [-0.2, -0.15) is 0 Å². The van der Waals surface area contributed by atoms with Gasteiger partial charge in [-0.25, -0.2) is 0 Å². The third-order valence-corrected chi connectivity index (χ3v) is 1.21. The second-order valence-electron chi connectivity index (χ2n) is 2.09. The fourth-order valence-corrected chi connectivity index (χ4v) is 0.781. The molecule has 0 bridgehead atoms. The van der Waals surface area contributed by atoms with Crippen LogP contribution in [0.1, 0.15) is 5.56 Å². The van der Waals surface area contributed by atoms with E-state index in [-0.39, 0.29) is 6.42 Å². The Morgan fingerprint density at radius 2 is 1.90 bits per heavy atom. The van der Waals surface area contributed by atoms with Crippen LogP contribution in [0.5, 0.6) is 0 Å². The zero-order valence-corrected chi connectivity index (χ0v) is 5.50. The van der Waals surface area contributed by atoms with E-state index in [2.05, 4.69) is 0 Å². The Morgan fingerprint density at radius 3 is 2.40 bits per heavy atom. The predicted octanol–water partition coefficient (Wildman–Crippen LogP) is 0.567. The van der Waals surface area contributed by atoms with Crippen LogP contribution in [0.3, 0.4) is 0 Å².